The Morgan fingerprint density at radius 1 is 1.08 bits per heavy atom. The fraction of sp³-hybridized carbons (Fsp3) is 0.278. The van der Waals surface area contributed by atoms with Gasteiger partial charge in [0.15, 0.2) is 11.0 Å². The van der Waals surface area contributed by atoms with E-state index in [1.807, 2.05) is 36.4 Å². The second kappa shape index (κ2) is 8.53. The summed E-state index contributed by atoms with van der Waals surface area (Å²) in [6.07, 6.45) is 3.56. The summed E-state index contributed by atoms with van der Waals surface area (Å²) in [5, 5.41) is 9.51. The fourth-order valence-electron chi connectivity index (χ4n) is 2.35. The minimum Gasteiger partial charge on any atom is -0.497 e. The summed E-state index contributed by atoms with van der Waals surface area (Å²) in [5.41, 5.74) is 0.971. The molecule has 7 heteroatoms. The molecule has 0 spiro atoms. The maximum absolute atomic E-state index is 5.75. The van der Waals surface area contributed by atoms with E-state index in [4.69, 9.17) is 9.47 Å². The van der Waals surface area contributed by atoms with E-state index in [1.54, 1.807) is 31.3 Å². The van der Waals surface area contributed by atoms with E-state index in [0.717, 1.165) is 40.3 Å². The molecule has 0 saturated heterocycles. The van der Waals surface area contributed by atoms with Crippen molar-refractivity contribution >= 4 is 11.8 Å². The number of hydrogen-bond donors (Lipinski definition) is 0. The number of thioether (sulfide) groups is 1. The maximum atomic E-state index is 5.75. The molecule has 0 bridgehead atoms. The monoisotopic (exact) mass is 356 g/mol. The van der Waals surface area contributed by atoms with E-state index in [0.29, 0.717) is 6.61 Å². The lowest BCUT2D eigenvalue weighted by molar-refractivity contribution is 0.342. The third-order valence-electron chi connectivity index (χ3n) is 3.60. The van der Waals surface area contributed by atoms with Gasteiger partial charge in [-0.15, -0.1) is 10.2 Å². The molecule has 130 valence electrons. The molecule has 0 fully saturated rings. The van der Waals surface area contributed by atoms with Gasteiger partial charge >= 0.3 is 0 Å². The van der Waals surface area contributed by atoms with Crippen LogP contribution < -0.4 is 9.47 Å². The van der Waals surface area contributed by atoms with Crippen molar-refractivity contribution in [2.45, 2.75) is 18.6 Å². The highest BCUT2D eigenvalue weighted by Crippen LogP contribution is 2.23. The molecule has 6 nitrogen and oxygen atoms in total. The Balaban J connectivity index is 1.57. The second-order valence-electron chi connectivity index (χ2n) is 5.16. The van der Waals surface area contributed by atoms with E-state index in [1.165, 1.54) is 0 Å². The average molecular weight is 356 g/mol. The Bertz CT molecular complexity index is 791. The van der Waals surface area contributed by atoms with Crippen molar-refractivity contribution in [3.05, 3.63) is 48.8 Å². The number of methoxy groups -OCH3 is 1. The minimum absolute atomic E-state index is 0.593. The molecule has 0 aliphatic heterocycles. The molecule has 2 aromatic heterocycles. The van der Waals surface area contributed by atoms with Gasteiger partial charge in [-0.3, -0.25) is 4.98 Å². The lowest BCUT2D eigenvalue weighted by Gasteiger charge is -2.08. The van der Waals surface area contributed by atoms with Crippen molar-refractivity contribution in [3.63, 3.8) is 0 Å². The van der Waals surface area contributed by atoms with Gasteiger partial charge in [-0.05, 0) is 43.3 Å². The first-order chi connectivity index (χ1) is 12.3. The number of benzene rings is 1. The van der Waals surface area contributed by atoms with Crippen LogP contribution in [0.15, 0.2) is 53.9 Å². The van der Waals surface area contributed by atoms with Crippen LogP contribution in [-0.2, 0) is 6.54 Å². The number of rotatable bonds is 8. The molecule has 3 aromatic rings. The van der Waals surface area contributed by atoms with Crippen molar-refractivity contribution in [1.29, 1.82) is 0 Å². The highest BCUT2D eigenvalue weighted by atomic mass is 32.2. The molecule has 0 atom stereocenters. The summed E-state index contributed by atoms with van der Waals surface area (Å²) in [6.45, 7) is 3.48. The van der Waals surface area contributed by atoms with Crippen molar-refractivity contribution < 1.29 is 9.47 Å². The van der Waals surface area contributed by atoms with Gasteiger partial charge in [0.1, 0.15) is 11.5 Å². The number of hydrogen-bond acceptors (Lipinski definition) is 6. The quantitative estimate of drug-likeness (QED) is 0.454. The molecular weight excluding hydrogens is 336 g/mol. The second-order valence-corrected chi connectivity index (χ2v) is 6.23. The standard InChI is InChI=1S/C18H20N4O2S/c1-3-22-17(14-5-4-10-19-13-14)20-21-18(22)25-12-11-24-16-8-6-15(23-2)7-9-16/h4-10,13H,3,11-12H2,1-2H3. The largest absolute Gasteiger partial charge is 0.497 e. The Labute approximate surface area is 151 Å². The molecular formula is C18H20N4O2S. The van der Waals surface area contributed by atoms with Crippen LogP contribution in [0.1, 0.15) is 6.92 Å². The van der Waals surface area contributed by atoms with Gasteiger partial charge in [0.2, 0.25) is 0 Å². The van der Waals surface area contributed by atoms with Gasteiger partial charge in [-0.2, -0.15) is 0 Å². The number of nitrogens with zero attached hydrogens (tertiary/aromatic N) is 4. The van der Waals surface area contributed by atoms with E-state index >= 15 is 0 Å². The third-order valence-corrected chi connectivity index (χ3v) is 4.53. The average Bonchev–Trinajstić information content (AvgIpc) is 3.09. The normalized spacial score (nSPS) is 10.6. The van der Waals surface area contributed by atoms with Gasteiger partial charge < -0.3 is 14.0 Å². The molecule has 0 amide bonds. The summed E-state index contributed by atoms with van der Waals surface area (Å²) in [5.74, 6) is 3.28. The summed E-state index contributed by atoms with van der Waals surface area (Å²) in [6, 6.07) is 11.5. The molecule has 0 radical (unpaired) electrons. The molecule has 0 unspecified atom stereocenters. The summed E-state index contributed by atoms with van der Waals surface area (Å²) in [4.78, 5) is 4.15. The van der Waals surface area contributed by atoms with Gasteiger partial charge in [0.05, 0.1) is 13.7 Å². The van der Waals surface area contributed by atoms with Crippen LogP contribution in [0, 0.1) is 0 Å². The zero-order valence-corrected chi connectivity index (χ0v) is 15.1. The van der Waals surface area contributed by atoms with Crippen LogP contribution >= 0.6 is 11.8 Å². The van der Waals surface area contributed by atoms with E-state index in [2.05, 4.69) is 26.7 Å². The summed E-state index contributed by atoms with van der Waals surface area (Å²) >= 11 is 1.63. The first-order valence-electron chi connectivity index (χ1n) is 8.05. The minimum atomic E-state index is 0.593. The van der Waals surface area contributed by atoms with E-state index < -0.39 is 0 Å². The topological polar surface area (TPSA) is 62.1 Å². The van der Waals surface area contributed by atoms with Crippen LogP contribution in [0.3, 0.4) is 0 Å². The van der Waals surface area contributed by atoms with Crippen molar-refractivity contribution in [2.24, 2.45) is 0 Å². The highest BCUT2D eigenvalue weighted by Gasteiger charge is 2.13. The molecule has 2 heterocycles. The van der Waals surface area contributed by atoms with Gasteiger partial charge in [-0.1, -0.05) is 11.8 Å². The maximum Gasteiger partial charge on any atom is 0.191 e. The Hall–Kier alpha value is -2.54. The van der Waals surface area contributed by atoms with Gasteiger partial charge in [0.25, 0.3) is 0 Å². The fourth-order valence-corrected chi connectivity index (χ4v) is 3.17. The smallest absolute Gasteiger partial charge is 0.191 e. The predicted molar refractivity (Wildman–Crippen MR) is 98.1 cm³/mol. The lowest BCUT2D eigenvalue weighted by Crippen LogP contribution is -2.03. The van der Waals surface area contributed by atoms with Crippen LogP contribution in [0.5, 0.6) is 11.5 Å². The number of ether oxygens (including phenoxy) is 2. The third kappa shape index (κ3) is 4.30. The zero-order chi connectivity index (χ0) is 17.5. The Morgan fingerprint density at radius 2 is 1.88 bits per heavy atom. The zero-order valence-electron chi connectivity index (χ0n) is 14.3. The van der Waals surface area contributed by atoms with Crippen molar-refractivity contribution in [1.82, 2.24) is 19.7 Å². The highest BCUT2D eigenvalue weighted by molar-refractivity contribution is 7.99. The Kier molecular flexibility index (Phi) is 5.90. The summed E-state index contributed by atoms with van der Waals surface area (Å²) < 4.78 is 13.0. The van der Waals surface area contributed by atoms with Crippen LogP contribution in [0.4, 0.5) is 0 Å². The molecule has 3 rings (SSSR count). The van der Waals surface area contributed by atoms with E-state index in [9.17, 15) is 0 Å². The van der Waals surface area contributed by atoms with Crippen LogP contribution in [0.2, 0.25) is 0 Å². The number of pyridine rings is 1. The lowest BCUT2D eigenvalue weighted by atomic mass is 10.3. The molecule has 0 aliphatic carbocycles. The predicted octanol–water partition coefficient (Wildman–Crippen LogP) is 3.54. The molecule has 0 aliphatic rings. The summed E-state index contributed by atoms with van der Waals surface area (Å²) in [7, 11) is 1.65. The van der Waals surface area contributed by atoms with Crippen LogP contribution in [-0.4, -0.2) is 39.2 Å². The molecule has 0 N–H and O–H groups in total. The Morgan fingerprint density at radius 3 is 2.56 bits per heavy atom. The first kappa shape index (κ1) is 17.3. The van der Waals surface area contributed by atoms with Gasteiger partial charge in [0, 0.05) is 30.3 Å². The van der Waals surface area contributed by atoms with Crippen molar-refractivity contribution in [3.8, 4) is 22.9 Å². The molecule has 25 heavy (non-hydrogen) atoms. The van der Waals surface area contributed by atoms with Crippen molar-refractivity contribution in [2.75, 3.05) is 19.5 Å². The van der Waals surface area contributed by atoms with Crippen LogP contribution in [0.25, 0.3) is 11.4 Å². The molecule has 0 saturated carbocycles. The first-order valence-corrected chi connectivity index (χ1v) is 9.03. The SMILES string of the molecule is CCn1c(SCCOc2ccc(OC)cc2)nnc1-c1cccnc1. The number of aromatic nitrogens is 4. The van der Waals surface area contributed by atoms with Gasteiger partial charge in [-0.25, -0.2) is 0 Å². The molecule has 1 aromatic carbocycles. The van der Waals surface area contributed by atoms with E-state index in [-0.39, 0.29) is 0 Å².